The average molecular weight is 435 g/mol. The molecule has 0 radical (unpaired) electrons. The second-order valence-electron chi connectivity index (χ2n) is 7.44. The summed E-state index contributed by atoms with van der Waals surface area (Å²) in [6, 6.07) is 10.9. The third-order valence-electron chi connectivity index (χ3n) is 5.30. The number of ether oxygens (including phenoxy) is 1. The number of thiophene rings is 1. The van der Waals surface area contributed by atoms with Gasteiger partial charge in [-0.15, -0.1) is 11.3 Å². The van der Waals surface area contributed by atoms with E-state index >= 15 is 0 Å². The van der Waals surface area contributed by atoms with Crippen LogP contribution < -0.4 is 5.32 Å². The normalized spacial score (nSPS) is 13.0. The third-order valence-corrected chi connectivity index (χ3v) is 6.51. The highest BCUT2D eigenvalue weighted by atomic mass is 32.1. The fraction of sp³-hybridized carbons (Fsp3) is 0.304. The quantitative estimate of drug-likeness (QED) is 0.480. The van der Waals surface area contributed by atoms with Crippen LogP contribution in [0.25, 0.3) is 5.69 Å². The maximum Gasteiger partial charge on any atom is 0.338 e. The Morgan fingerprint density at radius 3 is 2.68 bits per heavy atom. The highest BCUT2D eigenvalue weighted by Gasteiger charge is 2.21. The minimum Gasteiger partial charge on any atom is -0.452 e. The summed E-state index contributed by atoms with van der Waals surface area (Å²) in [5, 5.41) is 17.1. The van der Waals surface area contributed by atoms with Crippen molar-refractivity contribution in [3.05, 3.63) is 63.8 Å². The number of hydrogen-bond donors (Lipinski definition) is 1. The Morgan fingerprint density at radius 2 is 1.97 bits per heavy atom. The Kier molecular flexibility index (Phi) is 6.14. The molecule has 2 heterocycles. The van der Waals surface area contributed by atoms with E-state index < -0.39 is 18.5 Å². The molecule has 4 rings (SSSR count). The van der Waals surface area contributed by atoms with Crippen LogP contribution in [0.3, 0.4) is 0 Å². The molecule has 0 unspecified atom stereocenters. The smallest absolute Gasteiger partial charge is 0.338 e. The standard InChI is InChI=1S/C23H22N4O3S/c1-15-11-12-25-27(15)17-9-7-16(8-10-17)23(29)30-14-21(28)26-22-19(13-24)18-5-3-2-4-6-20(18)31-22/h7-12H,2-6,14H2,1H3,(H,26,28). The molecule has 0 saturated carbocycles. The molecule has 0 fully saturated rings. The van der Waals surface area contributed by atoms with Crippen molar-refractivity contribution < 1.29 is 14.3 Å². The largest absolute Gasteiger partial charge is 0.452 e. The van der Waals surface area contributed by atoms with Gasteiger partial charge in [0.05, 0.1) is 16.8 Å². The first-order valence-electron chi connectivity index (χ1n) is 10.2. The van der Waals surface area contributed by atoms with Gasteiger partial charge in [0.2, 0.25) is 0 Å². The number of carbonyl (C=O) groups is 2. The van der Waals surface area contributed by atoms with E-state index in [1.54, 1.807) is 35.1 Å². The number of aryl methyl sites for hydroxylation is 2. The molecule has 0 aliphatic heterocycles. The minimum atomic E-state index is -0.582. The zero-order valence-electron chi connectivity index (χ0n) is 17.2. The molecular formula is C23H22N4O3S. The van der Waals surface area contributed by atoms with Crippen LogP contribution in [0, 0.1) is 18.3 Å². The van der Waals surface area contributed by atoms with Crippen LogP contribution >= 0.6 is 11.3 Å². The monoisotopic (exact) mass is 434 g/mol. The summed E-state index contributed by atoms with van der Waals surface area (Å²) in [7, 11) is 0. The molecule has 0 atom stereocenters. The van der Waals surface area contributed by atoms with E-state index in [9.17, 15) is 14.9 Å². The van der Waals surface area contributed by atoms with E-state index in [2.05, 4.69) is 16.5 Å². The van der Waals surface area contributed by atoms with E-state index in [-0.39, 0.29) is 0 Å². The van der Waals surface area contributed by atoms with Gasteiger partial charge < -0.3 is 10.1 Å². The Labute approximate surface area is 184 Å². The summed E-state index contributed by atoms with van der Waals surface area (Å²) >= 11 is 1.46. The van der Waals surface area contributed by atoms with Crippen LogP contribution in [0.4, 0.5) is 5.00 Å². The van der Waals surface area contributed by atoms with Gasteiger partial charge in [-0.25, -0.2) is 9.48 Å². The first kappa shape index (κ1) is 20.8. The van der Waals surface area contributed by atoms with Gasteiger partial charge >= 0.3 is 5.97 Å². The van der Waals surface area contributed by atoms with Crippen LogP contribution in [-0.2, 0) is 22.4 Å². The fourth-order valence-electron chi connectivity index (χ4n) is 3.70. The number of fused-ring (bicyclic) bond motifs is 1. The van der Waals surface area contributed by atoms with Gasteiger partial charge in [0.25, 0.3) is 5.91 Å². The van der Waals surface area contributed by atoms with E-state index in [1.807, 2.05) is 13.0 Å². The van der Waals surface area contributed by atoms with Gasteiger partial charge in [-0.1, -0.05) is 6.42 Å². The van der Waals surface area contributed by atoms with E-state index in [1.165, 1.54) is 16.2 Å². The first-order chi connectivity index (χ1) is 15.1. The number of carbonyl (C=O) groups excluding carboxylic acids is 2. The van der Waals surface area contributed by atoms with Crippen LogP contribution in [0.2, 0.25) is 0 Å². The van der Waals surface area contributed by atoms with Gasteiger partial charge in [0.1, 0.15) is 11.1 Å². The molecule has 31 heavy (non-hydrogen) atoms. The number of hydrogen-bond acceptors (Lipinski definition) is 6. The molecule has 8 heteroatoms. The molecule has 158 valence electrons. The molecule has 0 bridgehead atoms. The third kappa shape index (κ3) is 4.52. The number of amides is 1. The van der Waals surface area contributed by atoms with Crippen molar-refractivity contribution in [2.45, 2.75) is 39.0 Å². The number of nitriles is 1. The van der Waals surface area contributed by atoms with Crippen molar-refractivity contribution in [3.63, 3.8) is 0 Å². The second-order valence-corrected chi connectivity index (χ2v) is 8.54. The number of aromatic nitrogens is 2. The topological polar surface area (TPSA) is 97.0 Å². The molecule has 7 nitrogen and oxygen atoms in total. The van der Waals surface area contributed by atoms with Gasteiger partial charge in [0, 0.05) is 16.8 Å². The number of anilines is 1. The Balaban J connectivity index is 1.36. The lowest BCUT2D eigenvalue weighted by molar-refractivity contribution is -0.119. The molecule has 1 aliphatic carbocycles. The van der Waals surface area contributed by atoms with Crippen LogP contribution in [0.5, 0.6) is 0 Å². The maximum absolute atomic E-state index is 12.3. The molecule has 3 aromatic rings. The van der Waals surface area contributed by atoms with Gasteiger partial charge in [-0.3, -0.25) is 4.79 Å². The van der Waals surface area contributed by atoms with Gasteiger partial charge in [-0.05, 0) is 68.5 Å². The van der Waals surface area contributed by atoms with Crippen LogP contribution in [0.1, 0.15) is 51.3 Å². The number of esters is 1. The van der Waals surface area contributed by atoms with Crippen molar-refractivity contribution in [2.75, 3.05) is 11.9 Å². The summed E-state index contributed by atoms with van der Waals surface area (Å²) in [6.07, 6.45) is 6.83. The zero-order valence-corrected chi connectivity index (χ0v) is 18.0. The summed E-state index contributed by atoms with van der Waals surface area (Å²) in [5.41, 5.74) is 3.77. The van der Waals surface area contributed by atoms with Crippen molar-refractivity contribution in [2.24, 2.45) is 0 Å². The number of nitrogens with one attached hydrogen (secondary N) is 1. The van der Waals surface area contributed by atoms with E-state index in [0.717, 1.165) is 49.0 Å². The van der Waals surface area contributed by atoms with Crippen LogP contribution in [0.15, 0.2) is 36.5 Å². The minimum absolute atomic E-state index is 0.349. The summed E-state index contributed by atoms with van der Waals surface area (Å²) in [4.78, 5) is 25.8. The second kappa shape index (κ2) is 9.14. The zero-order chi connectivity index (χ0) is 21.8. The molecule has 1 aliphatic rings. The van der Waals surface area contributed by atoms with Crippen molar-refractivity contribution in [1.29, 1.82) is 5.26 Å². The predicted molar refractivity (Wildman–Crippen MR) is 118 cm³/mol. The molecule has 2 aromatic heterocycles. The SMILES string of the molecule is Cc1ccnn1-c1ccc(C(=O)OCC(=O)Nc2sc3c(c2C#N)CCCCC3)cc1. The maximum atomic E-state index is 12.3. The van der Waals surface area contributed by atoms with E-state index in [4.69, 9.17) is 4.74 Å². The number of nitrogens with zero attached hydrogens (tertiary/aromatic N) is 3. The summed E-state index contributed by atoms with van der Waals surface area (Å²) in [5.74, 6) is -1.04. The lowest BCUT2D eigenvalue weighted by Gasteiger charge is -2.07. The van der Waals surface area contributed by atoms with Gasteiger partial charge in [-0.2, -0.15) is 10.4 Å². The fourth-order valence-corrected chi connectivity index (χ4v) is 4.96. The molecular weight excluding hydrogens is 412 g/mol. The molecule has 0 saturated heterocycles. The van der Waals surface area contributed by atoms with Crippen molar-refractivity contribution in [1.82, 2.24) is 9.78 Å². The van der Waals surface area contributed by atoms with Crippen LogP contribution in [-0.4, -0.2) is 28.3 Å². The summed E-state index contributed by atoms with van der Waals surface area (Å²) < 4.78 is 6.92. The predicted octanol–water partition coefficient (Wildman–Crippen LogP) is 4.18. The Hall–Kier alpha value is -3.44. The molecule has 1 N–H and O–H groups in total. The van der Waals surface area contributed by atoms with Crippen molar-refractivity contribution in [3.8, 4) is 11.8 Å². The van der Waals surface area contributed by atoms with Gasteiger partial charge in [0.15, 0.2) is 6.61 Å². The Bertz CT molecular complexity index is 1150. The molecule has 1 amide bonds. The lowest BCUT2D eigenvalue weighted by Crippen LogP contribution is -2.21. The first-order valence-corrected chi connectivity index (χ1v) is 11.0. The highest BCUT2D eigenvalue weighted by Crippen LogP contribution is 2.36. The number of benzene rings is 1. The van der Waals surface area contributed by atoms with E-state index in [0.29, 0.717) is 16.1 Å². The average Bonchev–Trinajstić information content (AvgIpc) is 3.26. The lowest BCUT2D eigenvalue weighted by atomic mass is 10.1. The molecule has 0 spiro atoms. The Morgan fingerprint density at radius 1 is 1.19 bits per heavy atom. The number of rotatable bonds is 5. The van der Waals surface area contributed by atoms with Crippen molar-refractivity contribution >= 4 is 28.2 Å². The highest BCUT2D eigenvalue weighted by molar-refractivity contribution is 7.16. The molecule has 1 aromatic carbocycles. The summed E-state index contributed by atoms with van der Waals surface area (Å²) in [6.45, 7) is 1.53.